The van der Waals surface area contributed by atoms with E-state index in [-0.39, 0.29) is 11.8 Å². The number of hydrogen-bond donors (Lipinski definition) is 1. The largest absolute Gasteiger partial charge is 0.375 e. The standard InChI is InChI=1S/C24H27FN4O/c1-28(2)23-7-6-17(14-22(23)25)15-27-24(30)29-12-9-18(10-13-29)20-5-3-4-19-16-26-11-8-21(19)20/h3-8,11,14,16,18H,9-10,12-13,15H2,1-2H3,(H,27,30). The quantitative estimate of drug-likeness (QED) is 0.693. The van der Waals surface area contributed by atoms with Crippen molar-refractivity contribution in [3.63, 3.8) is 0 Å². The molecule has 2 aromatic carbocycles. The highest BCUT2D eigenvalue weighted by atomic mass is 19.1. The van der Waals surface area contributed by atoms with Crippen molar-refractivity contribution in [3.8, 4) is 0 Å². The van der Waals surface area contributed by atoms with Crippen LogP contribution in [0.1, 0.15) is 29.9 Å². The number of anilines is 1. The van der Waals surface area contributed by atoms with Crippen LogP contribution in [0.2, 0.25) is 0 Å². The van der Waals surface area contributed by atoms with Gasteiger partial charge in [-0.2, -0.15) is 0 Å². The first-order valence-corrected chi connectivity index (χ1v) is 10.3. The topological polar surface area (TPSA) is 48.5 Å². The zero-order chi connectivity index (χ0) is 21.1. The summed E-state index contributed by atoms with van der Waals surface area (Å²) in [6.45, 7) is 1.75. The van der Waals surface area contributed by atoms with E-state index in [4.69, 9.17) is 0 Å². The Morgan fingerprint density at radius 1 is 1.20 bits per heavy atom. The van der Waals surface area contributed by atoms with Crippen LogP contribution in [0.3, 0.4) is 0 Å². The lowest BCUT2D eigenvalue weighted by Gasteiger charge is -2.32. The SMILES string of the molecule is CN(C)c1ccc(CNC(=O)N2CCC(c3cccc4cnccc34)CC2)cc1F. The average molecular weight is 407 g/mol. The molecular formula is C24H27FN4O. The Kier molecular flexibility index (Phi) is 5.84. The van der Waals surface area contributed by atoms with E-state index in [0.29, 0.717) is 31.2 Å². The highest BCUT2D eigenvalue weighted by Gasteiger charge is 2.24. The fourth-order valence-corrected chi connectivity index (χ4v) is 4.21. The second kappa shape index (κ2) is 8.69. The molecule has 0 radical (unpaired) electrons. The highest BCUT2D eigenvalue weighted by molar-refractivity contribution is 5.85. The predicted octanol–water partition coefficient (Wildman–Crippen LogP) is 4.53. The van der Waals surface area contributed by atoms with Gasteiger partial charge in [0.25, 0.3) is 0 Å². The second-order valence-corrected chi connectivity index (χ2v) is 8.04. The Balaban J connectivity index is 1.34. The van der Waals surface area contributed by atoms with Gasteiger partial charge in [-0.05, 0) is 53.5 Å². The molecule has 1 fully saturated rings. The van der Waals surface area contributed by atoms with Crippen molar-refractivity contribution >= 4 is 22.5 Å². The predicted molar refractivity (Wildman–Crippen MR) is 118 cm³/mol. The summed E-state index contributed by atoms with van der Waals surface area (Å²) in [5.41, 5.74) is 2.63. The van der Waals surface area contributed by atoms with Crippen LogP contribution in [0.15, 0.2) is 54.9 Å². The minimum atomic E-state index is -0.280. The number of urea groups is 1. The third-order valence-corrected chi connectivity index (χ3v) is 5.87. The van der Waals surface area contributed by atoms with Gasteiger partial charge in [0.1, 0.15) is 5.82 Å². The Bertz CT molecular complexity index is 1040. The number of amides is 2. The number of nitrogens with zero attached hydrogens (tertiary/aromatic N) is 3. The normalized spacial score (nSPS) is 14.7. The second-order valence-electron chi connectivity index (χ2n) is 8.04. The smallest absolute Gasteiger partial charge is 0.317 e. The number of nitrogens with one attached hydrogen (secondary N) is 1. The van der Waals surface area contributed by atoms with E-state index in [2.05, 4.69) is 34.6 Å². The minimum absolute atomic E-state index is 0.0901. The van der Waals surface area contributed by atoms with Crippen LogP contribution in [0, 0.1) is 5.82 Å². The molecule has 0 saturated carbocycles. The molecule has 0 aliphatic carbocycles. The number of carbonyl (C=O) groups excluding carboxylic acids is 1. The van der Waals surface area contributed by atoms with Gasteiger partial charge in [0.2, 0.25) is 0 Å². The molecule has 2 amide bonds. The van der Waals surface area contributed by atoms with Gasteiger partial charge in [-0.3, -0.25) is 4.98 Å². The van der Waals surface area contributed by atoms with Crippen molar-refractivity contribution in [3.05, 3.63) is 71.8 Å². The fraction of sp³-hybridized carbons (Fsp3) is 0.333. The minimum Gasteiger partial charge on any atom is -0.375 e. The van der Waals surface area contributed by atoms with Crippen molar-refractivity contribution < 1.29 is 9.18 Å². The zero-order valence-corrected chi connectivity index (χ0v) is 17.4. The van der Waals surface area contributed by atoms with Crippen molar-refractivity contribution in [1.82, 2.24) is 15.2 Å². The van der Waals surface area contributed by atoms with Crippen LogP contribution in [0.5, 0.6) is 0 Å². The third-order valence-electron chi connectivity index (χ3n) is 5.87. The number of hydrogen-bond acceptors (Lipinski definition) is 3. The lowest BCUT2D eigenvalue weighted by molar-refractivity contribution is 0.181. The van der Waals surface area contributed by atoms with Crippen LogP contribution < -0.4 is 10.2 Å². The summed E-state index contributed by atoms with van der Waals surface area (Å²) in [4.78, 5) is 20.4. The molecule has 0 atom stereocenters. The molecule has 0 unspecified atom stereocenters. The molecule has 1 aromatic heterocycles. The van der Waals surface area contributed by atoms with Gasteiger partial charge >= 0.3 is 6.03 Å². The van der Waals surface area contributed by atoms with E-state index in [0.717, 1.165) is 23.8 Å². The van der Waals surface area contributed by atoms with Crippen LogP contribution in [-0.2, 0) is 6.54 Å². The maximum atomic E-state index is 14.1. The molecule has 5 nitrogen and oxygen atoms in total. The third kappa shape index (κ3) is 4.22. The van der Waals surface area contributed by atoms with Gasteiger partial charge in [0, 0.05) is 51.5 Å². The molecule has 1 aliphatic heterocycles. The Hall–Kier alpha value is -3.15. The average Bonchev–Trinajstić information content (AvgIpc) is 2.77. The molecule has 2 heterocycles. The molecule has 4 rings (SSSR count). The van der Waals surface area contributed by atoms with Gasteiger partial charge in [-0.15, -0.1) is 0 Å². The molecule has 30 heavy (non-hydrogen) atoms. The lowest BCUT2D eigenvalue weighted by Crippen LogP contribution is -2.43. The molecule has 3 aromatic rings. The summed E-state index contributed by atoms with van der Waals surface area (Å²) < 4.78 is 14.1. The van der Waals surface area contributed by atoms with Crippen LogP contribution in [0.25, 0.3) is 10.8 Å². The summed E-state index contributed by atoms with van der Waals surface area (Å²) in [5, 5.41) is 5.33. The van der Waals surface area contributed by atoms with Crippen molar-refractivity contribution in [2.75, 3.05) is 32.1 Å². The molecular weight excluding hydrogens is 379 g/mol. The number of fused-ring (bicyclic) bond motifs is 1. The van der Waals surface area contributed by atoms with Crippen LogP contribution in [0.4, 0.5) is 14.9 Å². The Morgan fingerprint density at radius 2 is 2.00 bits per heavy atom. The molecule has 156 valence electrons. The van der Waals surface area contributed by atoms with E-state index in [1.165, 1.54) is 17.0 Å². The number of benzene rings is 2. The molecule has 6 heteroatoms. The maximum absolute atomic E-state index is 14.1. The first kappa shape index (κ1) is 20.1. The number of likely N-dealkylation sites (tertiary alicyclic amines) is 1. The monoisotopic (exact) mass is 406 g/mol. The lowest BCUT2D eigenvalue weighted by atomic mass is 9.87. The zero-order valence-electron chi connectivity index (χ0n) is 17.4. The first-order valence-electron chi connectivity index (χ1n) is 10.3. The van der Waals surface area contributed by atoms with Gasteiger partial charge in [-0.25, -0.2) is 9.18 Å². The number of piperidine rings is 1. The maximum Gasteiger partial charge on any atom is 0.317 e. The van der Waals surface area contributed by atoms with Crippen LogP contribution >= 0.6 is 0 Å². The summed E-state index contributed by atoms with van der Waals surface area (Å²) in [5.74, 6) is 0.158. The molecule has 1 aliphatic rings. The Labute approximate surface area is 176 Å². The van der Waals surface area contributed by atoms with E-state index in [9.17, 15) is 9.18 Å². The van der Waals surface area contributed by atoms with Crippen molar-refractivity contribution in [2.45, 2.75) is 25.3 Å². The van der Waals surface area contributed by atoms with Crippen LogP contribution in [-0.4, -0.2) is 43.1 Å². The van der Waals surface area contributed by atoms with E-state index < -0.39 is 0 Å². The number of halogens is 1. The highest BCUT2D eigenvalue weighted by Crippen LogP contribution is 2.32. The number of rotatable bonds is 4. The molecule has 0 spiro atoms. The fourth-order valence-electron chi connectivity index (χ4n) is 4.21. The van der Waals surface area contributed by atoms with E-state index in [1.807, 2.05) is 23.4 Å². The number of carbonyl (C=O) groups is 1. The van der Waals surface area contributed by atoms with Gasteiger partial charge in [0.05, 0.1) is 5.69 Å². The van der Waals surface area contributed by atoms with Gasteiger partial charge < -0.3 is 15.1 Å². The summed E-state index contributed by atoms with van der Waals surface area (Å²) >= 11 is 0. The summed E-state index contributed by atoms with van der Waals surface area (Å²) in [7, 11) is 3.61. The summed E-state index contributed by atoms with van der Waals surface area (Å²) in [6.07, 6.45) is 5.60. The van der Waals surface area contributed by atoms with E-state index >= 15 is 0 Å². The molecule has 1 N–H and O–H groups in total. The van der Waals surface area contributed by atoms with Gasteiger partial charge in [-0.1, -0.05) is 24.3 Å². The number of pyridine rings is 1. The summed E-state index contributed by atoms with van der Waals surface area (Å²) in [6, 6.07) is 13.4. The Morgan fingerprint density at radius 3 is 2.73 bits per heavy atom. The van der Waals surface area contributed by atoms with Gasteiger partial charge in [0.15, 0.2) is 0 Å². The van der Waals surface area contributed by atoms with Crippen molar-refractivity contribution in [2.24, 2.45) is 0 Å². The number of aromatic nitrogens is 1. The first-order chi connectivity index (χ1) is 14.5. The van der Waals surface area contributed by atoms with E-state index in [1.54, 1.807) is 25.1 Å². The molecule has 1 saturated heterocycles. The van der Waals surface area contributed by atoms with Crippen molar-refractivity contribution in [1.29, 1.82) is 0 Å². The molecule has 0 bridgehead atoms.